The van der Waals surface area contributed by atoms with Gasteiger partial charge >= 0.3 is 0 Å². The first-order valence-corrected chi connectivity index (χ1v) is 19.3. The first-order valence-electron chi connectivity index (χ1n) is 19.3. The highest BCUT2D eigenvalue weighted by Gasteiger charge is 2.22. The van der Waals surface area contributed by atoms with E-state index in [0.717, 1.165) is 45.2 Å². The smallest absolute Gasteiger partial charge is 0.0451 e. The van der Waals surface area contributed by atoms with Crippen LogP contribution >= 0.6 is 0 Å². The van der Waals surface area contributed by atoms with Gasteiger partial charge in [-0.15, -0.1) is 0 Å². The number of hydrogen-bond acceptors (Lipinski definition) is 3. The molecule has 4 N–H and O–H groups in total. The molecule has 51 heavy (non-hydrogen) atoms. The quantitative estimate of drug-likeness (QED) is 0.124. The molecule has 1 aliphatic heterocycles. The molecule has 4 rings (SSSR count). The molecule has 4 unspecified atom stereocenters. The van der Waals surface area contributed by atoms with Crippen LogP contribution in [0.25, 0.3) is 21.9 Å². The van der Waals surface area contributed by atoms with Crippen LogP contribution in [0.2, 0.25) is 0 Å². The van der Waals surface area contributed by atoms with E-state index in [-0.39, 0.29) is 11.8 Å². The second-order valence-corrected chi connectivity index (χ2v) is 14.3. The average molecular weight is 682 g/mol. The summed E-state index contributed by atoms with van der Waals surface area (Å²) in [6.45, 7) is 20.3. The Kier molecular flexibility index (Phi) is 15.4. The van der Waals surface area contributed by atoms with Gasteiger partial charge in [0.1, 0.15) is 0 Å². The topological polar surface area (TPSA) is 55.3 Å². The Morgan fingerprint density at radius 3 is 2.24 bits per heavy atom. The van der Waals surface area contributed by atoms with Crippen LogP contribution in [0.1, 0.15) is 73.6 Å². The molecule has 3 nitrogen and oxygen atoms in total. The van der Waals surface area contributed by atoms with E-state index in [1.54, 1.807) is 6.20 Å². The lowest BCUT2D eigenvalue weighted by molar-refractivity contribution is 0.353. The summed E-state index contributed by atoms with van der Waals surface area (Å²) >= 11 is 0. The van der Waals surface area contributed by atoms with Crippen molar-refractivity contribution in [3.63, 3.8) is 0 Å². The highest BCUT2D eigenvalue weighted by Crippen LogP contribution is 2.33. The van der Waals surface area contributed by atoms with Crippen LogP contribution in [0.3, 0.4) is 0 Å². The summed E-state index contributed by atoms with van der Waals surface area (Å²) in [5, 5.41) is 5.06. The van der Waals surface area contributed by atoms with Gasteiger partial charge in [0.05, 0.1) is 0 Å². The van der Waals surface area contributed by atoms with Gasteiger partial charge in [0.25, 0.3) is 0 Å². The van der Waals surface area contributed by atoms with E-state index in [9.17, 15) is 0 Å². The maximum absolute atomic E-state index is 6.46. The molecule has 0 radical (unpaired) electrons. The zero-order valence-corrected chi connectivity index (χ0v) is 32.2. The molecule has 0 saturated heterocycles. The maximum Gasteiger partial charge on any atom is 0.0451 e. The Morgan fingerprint density at radius 1 is 0.843 bits per heavy atom. The van der Waals surface area contributed by atoms with Gasteiger partial charge in [-0.3, -0.25) is 0 Å². The number of fused-ring (bicyclic) bond motifs is 2. The van der Waals surface area contributed by atoms with Crippen molar-refractivity contribution in [1.29, 1.82) is 0 Å². The zero-order valence-electron chi connectivity index (χ0n) is 32.2. The number of rotatable bonds is 15. The van der Waals surface area contributed by atoms with Gasteiger partial charge in [-0.25, -0.2) is 0 Å². The van der Waals surface area contributed by atoms with Gasteiger partial charge in [0, 0.05) is 24.2 Å². The predicted molar refractivity (Wildman–Crippen MR) is 226 cm³/mol. The van der Waals surface area contributed by atoms with Gasteiger partial charge in [-0.05, 0) is 119 Å². The van der Waals surface area contributed by atoms with Crippen molar-refractivity contribution < 1.29 is 0 Å². The standard InChI is InChI=1S/C48H63N3/c1-8-17-41(42(32-50)18-9-2)31-39(11-4)47-34-51(48-24-16-20-40-19-12-13-22-45(40)48)33-43(38(10-3)27-25-35(5)29-30-49)28-26-36(6)37(7)44-21-14-15-23-46(44)47/h11-16,19-31,35,38,41-42H,4,8-10,17-18,32-34,49-50H2,1-3,5-7H3/b27-25+,30-29-,36-26+,39-31+,43-28+,44-37+,47-46+. The average Bonchev–Trinajstić information content (AvgIpc) is 3.17. The van der Waals surface area contributed by atoms with Gasteiger partial charge in [-0.2, -0.15) is 0 Å². The van der Waals surface area contributed by atoms with E-state index in [4.69, 9.17) is 11.5 Å². The van der Waals surface area contributed by atoms with Crippen LogP contribution in [0, 0.1) is 23.7 Å². The lowest BCUT2D eigenvalue weighted by Gasteiger charge is -2.31. The van der Waals surface area contributed by atoms with Gasteiger partial charge in [0.2, 0.25) is 0 Å². The first kappa shape index (κ1) is 39.4. The summed E-state index contributed by atoms with van der Waals surface area (Å²) in [7, 11) is 0. The minimum absolute atomic E-state index is 0.269. The van der Waals surface area contributed by atoms with Crippen molar-refractivity contribution in [2.45, 2.75) is 73.6 Å². The number of allylic oxidation sites excluding steroid dienone is 8. The Hall–Kier alpha value is -4.34. The molecule has 0 bridgehead atoms. The summed E-state index contributed by atoms with van der Waals surface area (Å²) in [6, 6.07) is 24.5. The molecular formula is C48H63N3. The molecule has 1 heterocycles. The van der Waals surface area contributed by atoms with Crippen molar-refractivity contribution in [2.75, 3.05) is 24.5 Å². The number of hydrogen-bond donors (Lipinski definition) is 2. The second-order valence-electron chi connectivity index (χ2n) is 14.3. The van der Waals surface area contributed by atoms with Crippen LogP contribution in [-0.2, 0) is 0 Å². The fourth-order valence-electron chi connectivity index (χ4n) is 7.65. The Balaban J connectivity index is 2.08. The van der Waals surface area contributed by atoms with Gasteiger partial charge in [0.15, 0.2) is 0 Å². The number of anilines is 1. The second kappa shape index (κ2) is 19.9. The maximum atomic E-state index is 6.46. The van der Waals surface area contributed by atoms with Gasteiger partial charge < -0.3 is 16.4 Å². The highest BCUT2D eigenvalue weighted by atomic mass is 15.1. The Bertz CT molecular complexity index is 1880. The van der Waals surface area contributed by atoms with Crippen LogP contribution in [-0.4, -0.2) is 19.6 Å². The van der Waals surface area contributed by atoms with E-state index >= 15 is 0 Å². The third-order valence-electron chi connectivity index (χ3n) is 10.8. The van der Waals surface area contributed by atoms with Crippen molar-refractivity contribution >= 4 is 27.6 Å². The number of benzene rings is 3. The lowest BCUT2D eigenvalue weighted by Crippen LogP contribution is -2.36. The number of nitrogens with zero attached hydrogens (tertiary/aromatic N) is 1. The van der Waals surface area contributed by atoms with Crippen molar-refractivity contribution in [2.24, 2.45) is 35.1 Å². The fourth-order valence-corrected chi connectivity index (χ4v) is 7.65. The SMILES string of the molecule is C=CC(=C\C(CCC)C(CN)CCC)/C1=c2\cccc\c2=C(C)/C(C)=C/C=C(/C(/C=C/C(C)/C=C\N)CC)CN(c2cccc3ccccc23)C1. The summed E-state index contributed by atoms with van der Waals surface area (Å²) in [4.78, 5) is 2.61. The van der Waals surface area contributed by atoms with Crippen LogP contribution in [0.15, 0.2) is 139 Å². The molecule has 0 saturated carbocycles. The minimum atomic E-state index is 0.269. The summed E-state index contributed by atoms with van der Waals surface area (Å²) < 4.78 is 0. The summed E-state index contributed by atoms with van der Waals surface area (Å²) in [6.07, 6.45) is 23.3. The molecule has 0 aliphatic carbocycles. The fraction of sp³-hybridized carbons (Fsp3) is 0.375. The molecule has 0 aromatic heterocycles. The first-order chi connectivity index (χ1) is 24.8. The van der Waals surface area contributed by atoms with E-state index in [2.05, 4.69) is 156 Å². The molecular weight excluding hydrogens is 619 g/mol. The molecule has 4 atom stereocenters. The summed E-state index contributed by atoms with van der Waals surface area (Å²) in [5.74, 6) is 1.37. The predicted octanol–water partition coefficient (Wildman–Crippen LogP) is 10.1. The largest absolute Gasteiger partial charge is 0.405 e. The molecule has 0 amide bonds. The van der Waals surface area contributed by atoms with Crippen LogP contribution < -0.4 is 26.8 Å². The highest BCUT2D eigenvalue weighted by molar-refractivity contribution is 5.95. The normalized spacial score (nSPS) is 21.3. The molecule has 270 valence electrons. The van der Waals surface area contributed by atoms with Crippen molar-refractivity contribution in [3.8, 4) is 0 Å². The van der Waals surface area contributed by atoms with Crippen molar-refractivity contribution in [3.05, 3.63) is 149 Å². The van der Waals surface area contributed by atoms with E-state index in [0.29, 0.717) is 18.4 Å². The lowest BCUT2D eigenvalue weighted by atomic mass is 9.82. The molecule has 3 heteroatoms. The monoisotopic (exact) mass is 682 g/mol. The molecule has 0 fully saturated rings. The zero-order chi connectivity index (χ0) is 36.8. The molecule has 1 aliphatic rings. The van der Waals surface area contributed by atoms with E-state index in [1.165, 1.54) is 54.8 Å². The van der Waals surface area contributed by atoms with Gasteiger partial charge in [-0.1, -0.05) is 150 Å². The third kappa shape index (κ3) is 10.1. The minimum Gasteiger partial charge on any atom is -0.405 e. The van der Waals surface area contributed by atoms with E-state index < -0.39 is 0 Å². The molecule has 3 aromatic rings. The van der Waals surface area contributed by atoms with Crippen LogP contribution in [0.5, 0.6) is 0 Å². The third-order valence-corrected chi connectivity index (χ3v) is 10.8. The van der Waals surface area contributed by atoms with Crippen molar-refractivity contribution in [1.82, 2.24) is 0 Å². The Labute approximate surface area is 309 Å². The molecule has 0 spiro atoms. The van der Waals surface area contributed by atoms with E-state index in [1.807, 2.05) is 6.08 Å². The number of nitrogens with two attached hydrogens (primary N) is 2. The van der Waals surface area contributed by atoms with Crippen LogP contribution in [0.4, 0.5) is 5.69 Å². The Morgan fingerprint density at radius 2 is 1.55 bits per heavy atom. The summed E-state index contributed by atoms with van der Waals surface area (Å²) in [5.41, 5.74) is 19.9. The molecule has 3 aromatic carbocycles.